The number of hydrogen-bond acceptors (Lipinski definition) is 5. The summed E-state index contributed by atoms with van der Waals surface area (Å²) in [5, 5.41) is 0. The first-order valence-electron chi connectivity index (χ1n) is 11.2. The Kier molecular flexibility index (Phi) is 6.95. The summed E-state index contributed by atoms with van der Waals surface area (Å²) in [5.74, 6) is 2.11. The smallest absolute Gasteiger partial charge is 0.257 e. The Balaban J connectivity index is 1.34. The molecule has 0 aliphatic carbocycles. The number of likely N-dealkylation sites (tertiary alicyclic amines) is 2. The summed E-state index contributed by atoms with van der Waals surface area (Å²) in [6.07, 6.45) is 7.20. The van der Waals surface area contributed by atoms with Gasteiger partial charge in [0.15, 0.2) is 0 Å². The van der Waals surface area contributed by atoms with Gasteiger partial charge in [-0.1, -0.05) is 18.2 Å². The Morgan fingerprint density at radius 3 is 2.53 bits per heavy atom. The summed E-state index contributed by atoms with van der Waals surface area (Å²) in [7, 11) is 0. The lowest BCUT2D eigenvalue weighted by atomic mass is 9.90. The molecule has 0 spiro atoms. The van der Waals surface area contributed by atoms with Crippen LogP contribution in [0.25, 0.3) is 0 Å². The molecule has 160 valence electrons. The Morgan fingerprint density at radius 2 is 1.80 bits per heavy atom. The van der Waals surface area contributed by atoms with E-state index < -0.39 is 0 Å². The molecule has 3 heterocycles. The van der Waals surface area contributed by atoms with E-state index >= 15 is 0 Å². The highest BCUT2D eigenvalue weighted by molar-refractivity contribution is 5.95. The highest BCUT2D eigenvalue weighted by Crippen LogP contribution is 2.30. The molecule has 2 saturated heterocycles. The molecule has 0 N–H and O–H groups in total. The Morgan fingerprint density at radius 1 is 1.07 bits per heavy atom. The van der Waals surface area contributed by atoms with Crippen molar-refractivity contribution in [3.05, 3.63) is 53.6 Å². The third kappa shape index (κ3) is 5.17. The van der Waals surface area contributed by atoms with Crippen LogP contribution in [0.4, 0.5) is 0 Å². The van der Waals surface area contributed by atoms with Gasteiger partial charge in [0, 0.05) is 31.7 Å². The zero-order chi connectivity index (χ0) is 20.8. The molecule has 0 unspecified atom stereocenters. The highest BCUT2D eigenvalue weighted by Gasteiger charge is 2.28. The summed E-state index contributed by atoms with van der Waals surface area (Å²) in [6.45, 7) is 7.24. The fourth-order valence-corrected chi connectivity index (χ4v) is 4.47. The average molecular weight is 409 g/mol. The quantitative estimate of drug-likeness (QED) is 0.730. The van der Waals surface area contributed by atoms with Crippen molar-refractivity contribution in [1.29, 1.82) is 0 Å². The summed E-state index contributed by atoms with van der Waals surface area (Å²) < 4.78 is 5.84. The minimum absolute atomic E-state index is 0.114. The number of carbonyl (C=O) groups excluding carboxylic acids is 1. The molecule has 0 radical (unpaired) electrons. The average Bonchev–Trinajstić information content (AvgIpc) is 2.80. The Labute approximate surface area is 179 Å². The van der Waals surface area contributed by atoms with Crippen molar-refractivity contribution in [1.82, 2.24) is 19.8 Å². The second-order valence-electron chi connectivity index (χ2n) is 8.35. The summed E-state index contributed by atoms with van der Waals surface area (Å²) in [5.41, 5.74) is 1.67. The van der Waals surface area contributed by atoms with E-state index in [4.69, 9.17) is 9.72 Å². The summed E-state index contributed by atoms with van der Waals surface area (Å²) in [4.78, 5) is 26.6. The van der Waals surface area contributed by atoms with Crippen LogP contribution in [0.2, 0.25) is 0 Å². The van der Waals surface area contributed by atoms with E-state index in [-0.39, 0.29) is 5.91 Å². The van der Waals surface area contributed by atoms with E-state index in [0.29, 0.717) is 18.1 Å². The number of amides is 1. The second kappa shape index (κ2) is 10.0. The number of piperidine rings is 2. The van der Waals surface area contributed by atoms with Crippen LogP contribution < -0.4 is 4.74 Å². The molecular weight excluding hydrogens is 376 g/mol. The minimum atomic E-state index is 0.114. The molecule has 0 atom stereocenters. The van der Waals surface area contributed by atoms with Crippen LogP contribution in [-0.4, -0.2) is 65.0 Å². The summed E-state index contributed by atoms with van der Waals surface area (Å²) in [6, 6.07) is 9.96. The maximum Gasteiger partial charge on any atom is 0.257 e. The SMILES string of the molecule is Cc1ncc(C(=O)N2CCCCC2)c(C2CCN(CCOc3ccccc3)CC2)n1. The normalized spacial score (nSPS) is 18.4. The fourth-order valence-electron chi connectivity index (χ4n) is 4.47. The second-order valence-corrected chi connectivity index (χ2v) is 8.35. The molecule has 6 heteroatoms. The van der Waals surface area contributed by atoms with Gasteiger partial charge >= 0.3 is 0 Å². The Hall–Kier alpha value is -2.47. The maximum absolute atomic E-state index is 13.1. The molecular formula is C24H32N4O2. The highest BCUT2D eigenvalue weighted by atomic mass is 16.5. The first-order chi connectivity index (χ1) is 14.7. The van der Waals surface area contributed by atoms with Crippen molar-refractivity contribution in [2.75, 3.05) is 39.3 Å². The lowest BCUT2D eigenvalue weighted by Crippen LogP contribution is -2.38. The molecule has 2 fully saturated rings. The molecule has 1 aromatic heterocycles. The predicted octanol–water partition coefficient (Wildman–Crippen LogP) is 3.67. The molecule has 4 rings (SSSR count). The number of hydrogen-bond donors (Lipinski definition) is 0. The van der Waals surface area contributed by atoms with Crippen LogP contribution >= 0.6 is 0 Å². The van der Waals surface area contributed by atoms with E-state index in [1.54, 1.807) is 6.20 Å². The largest absolute Gasteiger partial charge is 0.492 e. The molecule has 0 bridgehead atoms. The number of benzene rings is 1. The number of para-hydroxylation sites is 1. The number of ether oxygens (including phenoxy) is 1. The molecule has 2 aliphatic heterocycles. The van der Waals surface area contributed by atoms with E-state index in [1.807, 2.05) is 42.2 Å². The maximum atomic E-state index is 13.1. The summed E-state index contributed by atoms with van der Waals surface area (Å²) >= 11 is 0. The van der Waals surface area contributed by atoms with Gasteiger partial charge in [0.1, 0.15) is 18.2 Å². The van der Waals surface area contributed by atoms with Crippen LogP contribution in [0.5, 0.6) is 5.75 Å². The number of aryl methyl sites for hydroxylation is 1. The Bertz CT molecular complexity index is 828. The molecule has 2 aromatic rings. The van der Waals surface area contributed by atoms with Crippen molar-refractivity contribution in [2.24, 2.45) is 0 Å². The van der Waals surface area contributed by atoms with E-state index in [0.717, 1.165) is 75.7 Å². The van der Waals surface area contributed by atoms with Crippen LogP contribution in [0, 0.1) is 6.92 Å². The lowest BCUT2D eigenvalue weighted by molar-refractivity contribution is 0.0720. The van der Waals surface area contributed by atoms with Gasteiger partial charge in [-0.3, -0.25) is 9.69 Å². The van der Waals surface area contributed by atoms with Gasteiger partial charge in [0.2, 0.25) is 0 Å². The van der Waals surface area contributed by atoms with Gasteiger partial charge in [-0.2, -0.15) is 0 Å². The molecule has 1 aromatic carbocycles. The van der Waals surface area contributed by atoms with Gasteiger partial charge in [0.05, 0.1) is 11.3 Å². The molecule has 6 nitrogen and oxygen atoms in total. The van der Waals surface area contributed by atoms with Crippen LogP contribution in [0.3, 0.4) is 0 Å². The molecule has 1 amide bonds. The number of rotatable bonds is 6. The third-order valence-electron chi connectivity index (χ3n) is 6.21. The van der Waals surface area contributed by atoms with Crippen molar-refractivity contribution in [3.8, 4) is 5.75 Å². The molecule has 2 aliphatic rings. The monoisotopic (exact) mass is 408 g/mol. The van der Waals surface area contributed by atoms with Crippen LogP contribution in [-0.2, 0) is 0 Å². The zero-order valence-corrected chi connectivity index (χ0v) is 17.9. The lowest BCUT2D eigenvalue weighted by Gasteiger charge is -2.33. The minimum Gasteiger partial charge on any atom is -0.492 e. The van der Waals surface area contributed by atoms with Gasteiger partial charge in [-0.05, 0) is 64.3 Å². The van der Waals surface area contributed by atoms with E-state index in [1.165, 1.54) is 6.42 Å². The van der Waals surface area contributed by atoms with Gasteiger partial charge in [-0.25, -0.2) is 9.97 Å². The van der Waals surface area contributed by atoms with Gasteiger partial charge in [0.25, 0.3) is 5.91 Å². The van der Waals surface area contributed by atoms with Gasteiger partial charge < -0.3 is 9.64 Å². The van der Waals surface area contributed by atoms with Gasteiger partial charge in [-0.15, -0.1) is 0 Å². The predicted molar refractivity (Wildman–Crippen MR) is 117 cm³/mol. The molecule has 30 heavy (non-hydrogen) atoms. The molecule has 0 saturated carbocycles. The number of nitrogens with zero attached hydrogens (tertiary/aromatic N) is 4. The van der Waals surface area contributed by atoms with Crippen molar-refractivity contribution >= 4 is 5.91 Å². The first-order valence-corrected chi connectivity index (χ1v) is 11.2. The topological polar surface area (TPSA) is 58.6 Å². The van der Waals surface area contributed by atoms with Crippen molar-refractivity contribution < 1.29 is 9.53 Å². The third-order valence-corrected chi connectivity index (χ3v) is 6.21. The van der Waals surface area contributed by atoms with Crippen LogP contribution in [0.1, 0.15) is 59.9 Å². The van der Waals surface area contributed by atoms with Crippen molar-refractivity contribution in [2.45, 2.75) is 44.9 Å². The number of carbonyl (C=O) groups is 1. The van der Waals surface area contributed by atoms with Crippen molar-refractivity contribution in [3.63, 3.8) is 0 Å². The first kappa shape index (κ1) is 20.8. The standard InChI is InChI=1S/C24H32N4O2/c1-19-25-18-22(24(29)28-12-6-3-7-13-28)23(26-19)20-10-14-27(15-11-20)16-17-30-21-8-4-2-5-9-21/h2,4-5,8-9,18,20H,3,6-7,10-17H2,1H3. The zero-order valence-electron chi connectivity index (χ0n) is 17.9. The van der Waals surface area contributed by atoms with E-state index in [2.05, 4.69) is 9.88 Å². The van der Waals surface area contributed by atoms with Crippen LogP contribution in [0.15, 0.2) is 36.5 Å². The fraction of sp³-hybridized carbons (Fsp3) is 0.542. The van der Waals surface area contributed by atoms with E-state index in [9.17, 15) is 4.79 Å². The number of aromatic nitrogens is 2.